The molecule has 1 unspecified atom stereocenters. The third kappa shape index (κ3) is 3.54. The molecule has 2 aromatic carbocycles. The van der Waals surface area contributed by atoms with Crippen LogP contribution in [0.25, 0.3) is 10.8 Å². The number of hydrogen-bond acceptors (Lipinski definition) is 4. The van der Waals surface area contributed by atoms with E-state index in [-0.39, 0.29) is 11.8 Å². The first kappa shape index (κ1) is 20.9. The van der Waals surface area contributed by atoms with Gasteiger partial charge in [-0.3, -0.25) is 14.5 Å². The van der Waals surface area contributed by atoms with Crippen LogP contribution in [-0.2, 0) is 16.1 Å². The minimum atomic E-state index is -0.775. The van der Waals surface area contributed by atoms with E-state index in [1.165, 1.54) is 16.3 Å². The number of fused-ring (bicyclic) bond motifs is 1. The highest BCUT2D eigenvalue weighted by Crippen LogP contribution is 2.36. The van der Waals surface area contributed by atoms with Gasteiger partial charge >= 0.3 is 6.03 Å². The zero-order chi connectivity index (χ0) is 22.3. The lowest BCUT2D eigenvalue weighted by atomic mass is 9.97. The van der Waals surface area contributed by atoms with Gasteiger partial charge in [-0.05, 0) is 36.1 Å². The van der Waals surface area contributed by atoms with Crippen molar-refractivity contribution in [3.63, 3.8) is 0 Å². The highest BCUT2D eigenvalue weighted by Gasteiger charge is 2.54. The quantitative estimate of drug-likeness (QED) is 0.751. The van der Waals surface area contributed by atoms with Gasteiger partial charge in [0.25, 0.3) is 5.91 Å². The third-order valence-corrected chi connectivity index (χ3v) is 7.35. The first-order chi connectivity index (χ1) is 15.5. The van der Waals surface area contributed by atoms with Crippen LogP contribution in [0.1, 0.15) is 38.2 Å². The number of piperazine rings is 1. The monoisotopic (exact) mass is 434 g/mol. The van der Waals surface area contributed by atoms with Gasteiger partial charge in [-0.1, -0.05) is 55.3 Å². The Morgan fingerprint density at radius 1 is 1.00 bits per heavy atom. The minimum absolute atomic E-state index is 0.145. The highest BCUT2D eigenvalue weighted by atomic mass is 16.2. The molecule has 0 bridgehead atoms. The lowest BCUT2D eigenvalue weighted by Gasteiger charge is -2.37. The number of amides is 4. The Bertz CT molecular complexity index is 1050. The molecular formula is C25H30N4O3. The van der Waals surface area contributed by atoms with Crippen LogP contribution in [0.4, 0.5) is 4.79 Å². The summed E-state index contributed by atoms with van der Waals surface area (Å²) in [5, 5.41) is 5.38. The minimum Gasteiger partial charge on any atom is -0.338 e. The molecule has 32 heavy (non-hydrogen) atoms. The molecule has 1 spiro atoms. The summed E-state index contributed by atoms with van der Waals surface area (Å²) in [4.78, 5) is 44.0. The molecule has 168 valence electrons. The Morgan fingerprint density at radius 3 is 2.44 bits per heavy atom. The van der Waals surface area contributed by atoms with E-state index in [0.29, 0.717) is 25.9 Å². The summed E-state index contributed by atoms with van der Waals surface area (Å²) < 4.78 is 0. The number of carbonyl (C=O) groups excluding carboxylic acids is 3. The number of nitrogens with one attached hydrogen (secondary N) is 1. The molecule has 4 amide bonds. The van der Waals surface area contributed by atoms with E-state index in [1.54, 1.807) is 11.8 Å². The van der Waals surface area contributed by atoms with Crippen molar-refractivity contribution >= 4 is 28.6 Å². The molecule has 2 aliphatic heterocycles. The number of nitrogens with zero attached hydrogens (tertiary/aromatic N) is 3. The van der Waals surface area contributed by atoms with E-state index in [4.69, 9.17) is 0 Å². The summed E-state index contributed by atoms with van der Waals surface area (Å²) >= 11 is 0. The van der Waals surface area contributed by atoms with E-state index < -0.39 is 17.6 Å². The van der Waals surface area contributed by atoms with Crippen molar-refractivity contribution in [3.05, 3.63) is 48.0 Å². The first-order valence-corrected chi connectivity index (χ1v) is 11.6. The van der Waals surface area contributed by atoms with Gasteiger partial charge in [0, 0.05) is 32.7 Å². The zero-order valence-corrected chi connectivity index (χ0v) is 18.5. The Balaban J connectivity index is 1.21. The largest absolute Gasteiger partial charge is 0.338 e. The second-order valence-corrected chi connectivity index (χ2v) is 9.31. The van der Waals surface area contributed by atoms with Crippen LogP contribution < -0.4 is 5.32 Å². The second-order valence-electron chi connectivity index (χ2n) is 9.31. The highest BCUT2D eigenvalue weighted by molar-refractivity contribution is 6.10. The summed E-state index contributed by atoms with van der Waals surface area (Å²) in [6, 6.07) is 13.6. The Kier molecular flexibility index (Phi) is 5.37. The number of imide groups is 1. The standard InChI is InChI=1S/C25H30N4O3/c1-18(29-23(31)25(26-24(29)32)11-4-5-12-25)22(30)28-15-13-27(14-16-28)17-20-9-6-8-19-7-2-3-10-21(19)20/h2-3,6-10,18H,4-5,11-17H2,1H3,(H,26,32). The SMILES string of the molecule is CC(C(=O)N1CCN(Cc2cccc3ccccc23)CC1)N1C(=O)NC2(CCCC2)C1=O. The fourth-order valence-electron chi connectivity index (χ4n) is 5.48. The average Bonchev–Trinajstić information content (AvgIpc) is 3.38. The maximum atomic E-state index is 13.2. The number of rotatable bonds is 4. The van der Waals surface area contributed by atoms with E-state index in [1.807, 2.05) is 0 Å². The van der Waals surface area contributed by atoms with Gasteiger partial charge < -0.3 is 10.2 Å². The topological polar surface area (TPSA) is 73.0 Å². The van der Waals surface area contributed by atoms with Crippen LogP contribution in [0, 0.1) is 0 Å². The van der Waals surface area contributed by atoms with Crippen LogP contribution >= 0.6 is 0 Å². The van der Waals surface area contributed by atoms with E-state index in [9.17, 15) is 14.4 Å². The van der Waals surface area contributed by atoms with Crippen molar-refractivity contribution in [2.45, 2.75) is 50.7 Å². The van der Waals surface area contributed by atoms with Gasteiger partial charge in [0.15, 0.2) is 0 Å². The predicted molar refractivity (Wildman–Crippen MR) is 122 cm³/mol. The van der Waals surface area contributed by atoms with Crippen LogP contribution in [0.5, 0.6) is 0 Å². The Morgan fingerprint density at radius 2 is 1.69 bits per heavy atom. The maximum absolute atomic E-state index is 13.2. The molecule has 1 N–H and O–H groups in total. The molecule has 7 nitrogen and oxygen atoms in total. The van der Waals surface area contributed by atoms with Crippen molar-refractivity contribution in [1.82, 2.24) is 20.0 Å². The van der Waals surface area contributed by atoms with Crippen molar-refractivity contribution in [2.75, 3.05) is 26.2 Å². The molecule has 1 atom stereocenters. The molecule has 2 saturated heterocycles. The summed E-state index contributed by atoms with van der Waals surface area (Å²) in [7, 11) is 0. The van der Waals surface area contributed by atoms with Crippen molar-refractivity contribution < 1.29 is 14.4 Å². The molecule has 7 heteroatoms. The van der Waals surface area contributed by atoms with Crippen LogP contribution in [0.2, 0.25) is 0 Å². The first-order valence-electron chi connectivity index (χ1n) is 11.6. The molecular weight excluding hydrogens is 404 g/mol. The van der Waals surface area contributed by atoms with Crippen molar-refractivity contribution in [1.29, 1.82) is 0 Å². The Labute approximate surface area is 188 Å². The van der Waals surface area contributed by atoms with E-state index >= 15 is 0 Å². The van der Waals surface area contributed by atoms with Crippen molar-refractivity contribution in [2.24, 2.45) is 0 Å². The average molecular weight is 435 g/mol. The van der Waals surface area contributed by atoms with Gasteiger partial charge in [0.05, 0.1) is 0 Å². The molecule has 3 fully saturated rings. The maximum Gasteiger partial charge on any atom is 0.325 e. The molecule has 0 radical (unpaired) electrons. The van der Waals surface area contributed by atoms with E-state index in [2.05, 4.69) is 52.7 Å². The van der Waals surface area contributed by atoms with Gasteiger partial charge in [-0.15, -0.1) is 0 Å². The molecule has 2 heterocycles. The number of urea groups is 1. The third-order valence-electron chi connectivity index (χ3n) is 7.35. The number of hydrogen-bond donors (Lipinski definition) is 1. The summed E-state index contributed by atoms with van der Waals surface area (Å²) in [6.45, 7) is 5.26. The summed E-state index contributed by atoms with van der Waals surface area (Å²) in [5.74, 6) is -0.371. The van der Waals surface area contributed by atoms with Crippen LogP contribution in [0.15, 0.2) is 42.5 Å². The second kappa shape index (κ2) is 8.20. The van der Waals surface area contributed by atoms with Gasteiger partial charge in [-0.25, -0.2) is 9.69 Å². The molecule has 1 aliphatic carbocycles. The summed E-state index contributed by atoms with van der Waals surface area (Å²) in [5.41, 5.74) is 0.514. The summed E-state index contributed by atoms with van der Waals surface area (Å²) in [6.07, 6.45) is 3.20. The van der Waals surface area contributed by atoms with Crippen LogP contribution in [0.3, 0.4) is 0 Å². The predicted octanol–water partition coefficient (Wildman–Crippen LogP) is 2.74. The molecule has 5 rings (SSSR count). The fourth-order valence-corrected chi connectivity index (χ4v) is 5.48. The molecule has 2 aromatic rings. The fraction of sp³-hybridized carbons (Fsp3) is 0.480. The Hall–Kier alpha value is -2.93. The lowest BCUT2D eigenvalue weighted by molar-refractivity contribution is -0.144. The molecule has 1 saturated carbocycles. The number of carbonyl (C=O) groups is 3. The zero-order valence-electron chi connectivity index (χ0n) is 18.5. The smallest absolute Gasteiger partial charge is 0.325 e. The van der Waals surface area contributed by atoms with E-state index in [0.717, 1.165) is 37.4 Å². The molecule has 0 aromatic heterocycles. The van der Waals surface area contributed by atoms with Crippen molar-refractivity contribution in [3.8, 4) is 0 Å². The number of benzene rings is 2. The normalized spacial score (nSPS) is 22.0. The molecule has 3 aliphatic rings. The van der Waals surface area contributed by atoms with Gasteiger partial charge in [0.2, 0.25) is 5.91 Å². The van der Waals surface area contributed by atoms with Gasteiger partial charge in [-0.2, -0.15) is 0 Å². The van der Waals surface area contributed by atoms with Crippen LogP contribution in [-0.4, -0.2) is 70.3 Å². The van der Waals surface area contributed by atoms with Gasteiger partial charge in [0.1, 0.15) is 11.6 Å². The lowest BCUT2D eigenvalue weighted by Crippen LogP contribution is -2.55.